The van der Waals surface area contributed by atoms with Gasteiger partial charge in [-0.15, -0.1) is 0 Å². The Morgan fingerprint density at radius 1 is 1.46 bits per heavy atom. The predicted molar refractivity (Wildman–Crippen MR) is 58.7 cm³/mol. The third kappa shape index (κ3) is 1.61. The summed E-state index contributed by atoms with van der Waals surface area (Å²) in [5.41, 5.74) is 8.96. The van der Waals surface area contributed by atoms with Crippen LogP contribution in [0.3, 0.4) is 0 Å². The molecular formula is C11H15NS. The average Bonchev–Trinajstić information content (AvgIpc) is 2.19. The molecule has 2 rings (SSSR count). The van der Waals surface area contributed by atoms with E-state index in [1.807, 2.05) is 11.8 Å². The Kier molecular flexibility index (Phi) is 2.61. The molecule has 1 heterocycles. The number of fused-ring (bicyclic) bond motifs is 1. The van der Waals surface area contributed by atoms with Gasteiger partial charge in [0.05, 0.1) is 0 Å². The van der Waals surface area contributed by atoms with Crippen LogP contribution in [0.5, 0.6) is 0 Å². The molecule has 0 bridgehead atoms. The van der Waals surface area contributed by atoms with E-state index in [4.69, 9.17) is 5.73 Å². The van der Waals surface area contributed by atoms with Crippen molar-refractivity contribution >= 4 is 11.8 Å². The lowest BCUT2D eigenvalue weighted by Gasteiger charge is -2.29. The van der Waals surface area contributed by atoms with Gasteiger partial charge in [0.2, 0.25) is 0 Å². The number of rotatable bonds is 1. The van der Waals surface area contributed by atoms with Crippen LogP contribution in [0.2, 0.25) is 0 Å². The van der Waals surface area contributed by atoms with E-state index in [2.05, 4.69) is 31.2 Å². The second-order valence-electron chi connectivity index (χ2n) is 3.48. The second kappa shape index (κ2) is 3.72. The van der Waals surface area contributed by atoms with E-state index in [0.29, 0.717) is 5.25 Å². The topological polar surface area (TPSA) is 26.0 Å². The zero-order valence-electron chi connectivity index (χ0n) is 7.86. The fraction of sp³-hybridized carbons (Fsp3) is 0.455. The Hall–Kier alpha value is -0.470. The fourth-order valence-corrected chi connectivity index (χ4v) is 3.11. The van der Waals surface area contributed by atoms with Crippen LogP contribution in [0.4, 0.5) is 0 Å². The maximum atomic E-state index is 6.18. The third-order valence-electron chi connectivity index (χ3n) is 2.67. The number of thioether (sulfide) groups is 1. The maximum absolute atomic E-state index is 6.18. The van der Waals surface area contributed by atoms with E-state index in [1.165, 1.54) is 17.5 Å². The highest BCUT2D eigenvalue weighted by atomic mass is 32.2. The first-order valence-electron chi connectivity index (χ1n) is 4.78. The van der Waals surface area contributed by atoms with Crippen molar-refractivity contribution in [1.29, 1.82) is 0 Å². The van der Waals surface area contributed by atoms with Gasteiger partial charge < -0.3 is 5.73 Å². The molecule has 0 aromatic heterocycles. The number of hydrogen-bond donors (Lipinski definition) is 1. The van der Waals surface area contributed by atoms with Crippen LogP contribution in [-0.4, -0.2) is 5.25 Å². The van der Waals surface area contributed by atoms with E-state index >= 15 is 0 Å². The Morgan fingerprint density at radius 2 is 2.23 bits per heavy atom. The van der Waals surface area contributed by atoms with Gasteiger partial charge >= 0.3 is 0 Å². The van der Waals surface area contributed by atoms with Crippen molar-refractivity contribution < 1.29 is 0 Å². The summed E-state index contributed by atoms with van der Waals surface area (Å²) >= 11 is 1.99. The van der Waals surface area contributed by atoms with Gasteiger partial charge in [-0.1, -0.05) is 31.2 Å². The summed E-state index contributed by atoms with van der Waals surface area (Å²) in [6.45, 7) is 2.21. The van der Waals surface area contributed by atoms with E-state index in [0.717, 1.165) is 5.75 Å². The van der Waals surface area contributed by atoms with E-state index < -0.39 is 0 Å². The summed E-state index contributed by atoms with van der Waals surface area (Å²) in [4.78, 5) is 0. The Labute approximate surface area is 83.7 Å². The molecule has 0 saturated carbocycles. The first kappa shape index (κ1) is 9.10. The van der Waals surface area contributed by atoms with Crippen molar-refractivity contribution in [3.8, 4) is 0 Å². The highest BCUT2D eigenvalue weighted by molar-refractivity contribution is 7.99. The zero-order chi connectivity index (χ0) is 9.26. The highest BCUT2D eigenvalue weighted by Gasteiger charge is 2.24. The summed E-state index contributed by atoms with van der Waals surface area (Å²) in [5, 5.41) is 0.606. The lowest BCUT2D eigenvalue weighted by molar-refractivity contribution is 0.643. The summed E-state index contributed by atoms with van der Waals surface area (Å²) in [7, 11) is 0. The molecule has 1 nitrogen and oxygen atoms in total. The van der Waals surface area contributed by atoms with Gasteiger partial charge in [0.25, 0.3) is 0 Å². The molecule has 0 amide bonds. The van der Waals surface area contributed by atoms with Gasteiger partial charge in [0, 0.05) is 17.0 Å². The molecule has 1 aliphatic rings. The maximum Gasteiger partial charge on any atom is 0.0418 e. The molecule has 0 aliphatic carbocycles. The molecule has 0 radical (unpaired) electrons. The Bertz CT molecular complexity index is 298. The first-order chi connectivity index (χ1) is 6.33. The minimum absolute atomic E-state index is 0.236. The average molecular weight is 193 g/mol. The third-order valence-corrected chi connectivity index (χ3v) is 4.20. The number of benzene rings is 1. The fourth-order valence-electron chi connectivity index (χ4n) is 1.86. The molecular weight excluding hydrogens is 178 g/mol. The zero-order valence-corrected chi connectivity index (χ0v) is 8.68. The van der Waals surface area contributed by atoms with Crippen LogP contribution in [0.15, 0.2) is 24.3 Å². The van der Waals surface area contributed by atoms with Crippen molar-refractivity contribution in [2.45, 2.75) is 30.4 Å². The van der Waals surface area contributed by atoms with Crippen LogP contribution in [-0.2, 0) is 5.75 Å². The minimum atomic E-state index is 0.236. The summed E-state index contributed by atoms with van der Waals surface area (Å²) < 4.78 is 0. The second-order valence-corrected chi connectivity index (χ2v) is 4.71. The molecule has 1 aliphatic heterocycles. The van der Waals surface area contributed by atoms with Crippen LogP contribution in [0, 0.1) is 0 Å². The van der Waals surface area contributed by atoms with Crippen molar-refractivity contribution in [2.75, 3.05) is 0 Å². The van der Waals surface area contributed by atoms with Crippen molar-refractivity contribution in [3.63, 3.8) is 0 Å². The number of nitrogens with two attached hydrogens (primary N) is 1. The van der Waals surface area contributed by atoms with Crippen LogP contribution in [0.25, 0.3) is 0 Å². The largest absolute Gasteiger partial charge is 0.323 e. The smallest absolute Gasteiger partial charge is 0.0418 e. The van der Waals surface area contributed by atoms with Gasteiger partial charge in [0.1, 0.15) is 0 Å². The van der Waals surface area contributed by atoms with Crippen LogP contribution in [0.1, 0.15) is 30.5 Å². The minimum Gasteiger partial charge on any atom is -0.323 e. The monoisotopic (exact) mass is 193 g/mol. The lowest BCUT2D eigenvalue weighted by Crippen LogP contribution is -2.27. The molecule has 70 valence electrons. The van der Waals surface area contributed by atoms with Gasteiger partial charge in [-0.3, -0.25) is 0 Å². The molecule has 0 saturated heterocycles. The molecule has 2 N–H and O–H groups in total. The van der Waals surface area contributed by atoms with Gasteiger partial charge in [-0.05, 0) is 17.5 Å². The molecule has 2 atom stereocenters. The quantitative estimate of drug-likeness (QED) is 0.742. The molecule has 2 heteroatoms. The van der Waals surface area contributed by atoms with Crippen molar-refractivity contribution in [3.05, 3.63) is 35.4 Å². The van der Waals surface area contributed by atoms with E-state index in [9.17, 15) is 0 Å². The Balaban J connectivity index is 2.33. The van der Waals surface area contributed by atoms with Crippen molar-refractivity contribution in [2.24, 2.45) is 5.73 Å². The molecule has 2 unspecified atom stereocenters. The van der Waals surface area contributed by atoms with E-state index in [-0.39, 0.29) is 6.04 Å². The number of hydrogen-bond acceptors (Lipinski definition) is 2. The van der Waals surface area contributed by atoms with Crippen LogP contribution >= 0.6 is 11.8 Å². The normalized spacial score (nSPS) is 26.9. The molecule has 13 heavy (non-hydrogen) atoms. The first-order valence-corrected chi connectivity index (χ1v) is 5.82. The predicted octanol–water partition coefficient (Wildman–Crippen LogP) is 2.71. The molecule has 1 aromatic rings. The summed E-state index contributed by atoms with van der Waals surface area (Å²) in [6.07, 6.45) is 1.17. The lowest BCUT2D eigenvalue weighted by atomic mass is 9.97. The van der Waals surface area contributed by atoms with E-state index in [1.54, 1.807) is 0 Å². The standard InChI is InChI=1S/C11H15NS/c1-2-10-11(12)9-6-4-3-5-8(9)7-13-10/h3-6,10-11H,2,7,12H2,1H3. The van der Waals surface area contributed by atoms with Gasteiger partial charge in [-0.2, -0.15) is 11.8 Å². The highest BCUT2D eigenvalue weighted by Crippen LogP contribution is 2.37. The van der Waals surface area contributed by atoms with Gasteiger partial charge in [0.15, 0.2) is 0 Å². The molecule has 1 aromatic carbocycles. The van der Waals surface area contributed by atoms with Crippen molar-refractivity contribution in [1.82, 2.24) is 0 Å². The van der Waals surface area contributed by atoms with Crippen LogP contribution < -0.4 is 5.73 Å². The Morgan fingerprint density at radius 3 is 3.00 bits per heavy atom. The summed E-state index contributed by atoms with van der Waals surface area (Å²) in [6, 6.07) is 8.77. The summed E-state index contributed by atoms with van der Waals surface area (Å²) in [5.74, 6) is 1.13. The molecule has 0 spiro atoms. The SMILES string of the molecule is CCC1SCc2ccccc2C1N. The van der Waals surface area contributed by atoms with Gasteiger partial charge in [-0.25, -0.2) is 0 Å². The molecule has 0 fully saturated rings.